The van der Waals surface area contributed by atoms with Gasteiger partial charge in [0.1, 0.15) is 5.75 Å². The highest BCUT2D eigenvalue weighted by atomic mass is 32.2. The van der Waals surface area contributed by atoms with E-state index in [-0.39, 0.29) is 5.56 Å². The van der Waals surface area contributed by atoms with E-state index in [0.717, 1.165) is 17.5 Å². The fourth-order valence-electron chi connectivity index (χ4n) is 1.99. The van der Waals surface area contributed by atoms with Crippen molar-refractivity contribution in [1.82, 2.24) is 0 Å². The van der Waals surface area contributed by atoms with Crippen LogP contribution in [0.3, 0.4) is 0 Å². The first kappa shape index (κ1) is 19.5. The third kappa shape index (κ3) is 6.25. The van der Waals surface area contributed by atoms with Crippen LogP contribution in [0.15, 0.2) is 53.9 Å². The van der Waals surface area contributed by atoms with Crippen molar-refractivity contribution >= 4 is 21.9 Å². The van der Waals surface area contributed by atoms with Crippen LogP contribution in [0, 0.1) is 0 Å². The zero-order valence-electron chi connectivity index (χ0n) is 13.1. The minimum absolute atomic E-state index is 0.0752. The van der Waals surface area contributed by atoms with Crippen molar-refractivity contribution < 1.29 is 36.2 Å². The molecule has 0 aromatic heterocycles. The molecule has 0 bridgehead atoms. The summed E-state index contributed by atoms with van der Waals surface area (Å²) in [6, 6.07) is 10.1. The minimum Gasteiger partial charge on any atom is -0.478 e. The molecule has 9 heteroatoms. The first-order chi connectivity index (χ1) is 12.0. The number of ether oxygens (including phenoxy) is 1. The van der Waals surface area contributed by atoms with Gasteiger partial charge in [-0.2, -0.15) is 0 Å². The maximum atomic E-state index is 12.1. The van der Waals surface area contributed by atoms with Crippen molar-refractivity contribution in [3.05, 3.63) is 70.6 Å². The molecule has 26 heavy (non-hydrogen) atoms. The van der Waals surface area contributed by atoms with Gasteiger partial charge < -0.3 is 9.84 Å². The smallest absolute Gasteiger partial charge is 0.478 e. The summed E-state index contributed by atoms with van der Waals surface area (Å²) < 4.78 is 64.1. The number of carboxylic acids is 1. The highest BCUT2D eigenvalue weighted by molar-refractivity contribution is 7.93. The minimum atomic E-state index is -4.81. The molecular weight excluding hydrogens is 373 g/mol. The molecule has 1 N–H and O–H groups in total. The van der Waals surface area contributed by atoms with E-state index >= 15 is 0 Å². The van der Waals surface area contributed by atoms with Gasteiger partial charge in [0.05, 0.1) is 11.3 Å². The van der Waals surface area contributed by atoms with Gasteiger partial charge in [0.25, 0.3) is 0 Å². The second kappa shape index (κ2) is 7.61. The second-order valence-electron chi connectivity index (χ2n) is 5.23. The van der Waals surface area contributed by atoms with Crippen LogP contribution in [0.25, 0.3) is 6.08 Å². The van der Waals surface area contributed by atoms with E-state index in [1.807, 2.05) is 0 Å². The summed E-state index contributed by atoms with van der Waals surface area (Å²) in [6.07, 6.45) is -3.51. The van der Waals surface area contributed by atoms with Gasteiger partial charge in [0, 0.05) is 5.41 Å². The average molecular weight is 386 g/mol. The van der Waals surface area contributed by atoms with E-state index in [1.54, 1.807) is 0 Å². The van der Waals surface area contributed by atoms with Crippen molar-refractivity contribution in [2.24, 2.45) is 0 Å². The molecule has 0 heterocycles. The molecule has 0 saturated carbocycles. The first-order valence-corrected chi connectivity index (χ1v) is 8.84. The van der Waals surface area contributed by atoms with Gasteiger partial charge in [0.15, 0.2) is 9.84 Å². The third-order valence-corrected chi connectivity index (χ3v) is 4.44. The molecule has 2 rings (SSSR count). The molecule has 138 valence electrons. The SMILES string of the molecule is O=C(O)c1ccc(/C=C/S(=O)(=O)Cc2ccc(OC(F)(F)F)cc2)cc1. The molecule has 0 radical (unpaired) electrons. The number of carboxylic acid groups (broad SMARTS) is 1. The number of rotatable bonds is 6. The zero-order chi connectivity index (χ0) is 19.4. The number of aromatic carboxylic acids is 1. The van der Waals surface area contributed by atoms with Gasteiger partial charge in [-0.25, -0.2) is 13.2 Å². The Kier molecular flexibility index (Phi) is 5.71. The molecule has 2 aromatic carbocycles. The van der Waals surface area contributed by atoms with E-state index in [0.29, 0.717) is 11.1 Å². The van der Waals surface area contributed by atoms with Crippen LogP contribution in [0.1, 0.15) is 21.5 Å². The number of benzene rings is 2. The fraction of sp³-hybridized carbons (Fsp3) is 0.118. The van der Waals surface area contributed by atoms with Crippen LogP contribution in [0.2, 0.25) is 0 Å². The number of hydrogen-bond acceptors (Lipinski definition) is 4. The molecule has 0 spiro atoms. The predicted octanol–water partition coefficient (Wildman–Crippen LogP) is 3.87. The maximum absolute atomic E-state index is 12.1. The number of alkyl halides is 3. The summed E-state index contributed by atoms with van der Waals surface area (Å²) in [4.78, 5) is 10.7. The predicted molar refractivity (Wildman–Crippen MR) is 88.2 cm³/mol. The highest BCUT2D eigenvalue weighted by Gasteiger charge is 2.30. The molecule has 0 saturated heterocycles. The largest absolute Gasteiger partial charge is 0.573 e. The molecule has 0 amide bonds. The summed E-state index contributed by atoms with van der Waals surface area (Å²) in [5.74, 6) is -1.93. The van der Waals surface area contributed by atoms with Crippen molar-refractivity contribution in [2.45, 2.75) is 12.1 Å². The topological polar surface area (TPSA) is 80.7 Å². The van der Waals surface area contributed by atoms with Crippen molar-refractivity contribution in [2.75, 3.05) is 0 Å². The third-order valence-electron chi connectivity index (χ3n) is 3.15. The van der Waals surface area contributed by atoms with Crippen molar-refractivity contribution in [3.8, 4) is 5.75 Å². The van der Waals surface area contributed by atoms with Crippen LogP contribution in [0.5, 0.6) is 5.75 Å². The number of sulfone groups is 1. The van der Waals surface area contributed by atoms with E-state index in [2.05, 4.69) is 4.74 Å². The molecule has 0 fully saturated rings. The van der Waals surface area contributed by atoms with Crippen LogP contribution in [-0.2, 0) is 15.6 Å². The van der Waals surface area contributed by atoms with E-state index < -0.39 is 33.7 Å². The first-order valence-electron chi connectivity index (χ1n) is 7.13. The number of hydrogen-bond donors (Lipinski definition) is 1. The van der Waals surface area contributed by atoms with Crippen molar-refractivity contribution in [1.29, 1.82) is 0 Å². The normalized spacial score (nSPS) is 12.3. The quantitative estimate of drug-likeness (QED) is 0.815. The molecule has 0 aliphatic rings. The summed E-state index contributed by atoms with van der Waals surface area (Å²) in [7, 11) is -3.67. The Morgan fingerprint density at radius 2 is 1.62 bits per heavy atom. The van der Waals surface area contributed by atoms with E-state index in [4.69, 9.17) is 5.11 Å². The molecule has 2 aromatic rings. The Bertz CT molecular complexity index is 899. The van der Waals surface area contributed by atoms with Crippen LogP contribution < -0.4 is 4.74 Å². The van der Waals surface area contributed by atoms with Crippen LogP contribution >= 0.6 is 0 Å². The Morgan fingerprint density at radius 1 is 1.04 bits per heavy atom. The molecule has 0 aliphatic heterocycles. The Morgan fingerprint density at radius 3 is 2.12 bits per heavy atom. The highest BCUT2D eigenvalue weighted by Crippen LogP contribution is 2.23. The number of carbonyl (C=O) groups is 1. The lowest BCUT2D eigenvalue weighted by Gasteiger charge is -2.09. The summed E-state index contributed by atoms with van der Waals surface area (Å²) in [5, 5.41) is 9.76. The Labute approximate surface area is 147 Å². The second-order valence-corrected chi connectivity index (χ2v) is 7.12. The van der Waals surface area contributed by atoms with E-state index in [9.17, 15) is 26.4 Å². The fourth-order valence-corrected chi connectivity index (χ4v) is 3.10. The van der Waals surface area contributed by atoms with E-state index in [1.165, 1.54) is 42.5 Å². The molecule has 0 aliphatic carbocycles. The van der Waals surface area contributed by atoms with Crippen LogP contribution in [0.4, 0.5) is 13.2 Å². The summed E-state index contributed by atoms with van der Waals surface area (Å²) in [5.41, 5.74) is 0.865. The molecule has 0 atom stereocenters. The Balaban J connectivity index is 2.04. The zero-order valence-corrected chi connectivity index (χ0v) is 13.9. The lowest BCUT2D eigenvalue weighted by Crippen LogP contribution is -2.17. The van der Waals surface area contributed by atoms with Crippen LogP contribution in [-0.4, -0.2) is 25.9 Å². The lowest BCUT2D eigenvalue weighted by molar-refractivity contribution is -0.274. The molecule has 0 unspecified atom stereocenters. The summed E-state index contributed by atoms with van der Waals surface area (Å²) in [6.45, 7) is 0. The van der Waals surface area contributed by atoms with Gasteiger partial charge in [0.2, 0.25) is 0 Å². The van der Waals surface area contributed by atoms with Gasteiger partial charge in [-0.3, -0.25) is 0 Å². The summed E-state index contributed by atoms with van der Waals surface area (Å²) >= 11 is 0. The Hall–Kier alpha value is -2.81. The number of halogens is 3. The molecule has 5 nitrogen and oxygen atoms in total. The standard InChI is InChI=1S/C17H13F3O5S/c18-17(19,20)25-15-7-3-13(4-8-15)11-26(23,24)10-9-12-1-5-14(6-2-12)16(21)22/h1-10H,11H2,(H,21,22)/b10-9+. The monoisotopic (exact) mass is 386 g/mol. The van der Waals surface area contributed by atoms with Gasteiger partial charge in [-0.1, -0.05) is 24.3 Å². The van der Waals surface area contributed by atoms with Crippen molar-refractivity contribution in [3.63, 3.8) is 0 Å². The average Bonchev–Trinajstić information content (AvgIpc) is 2.54. The van der Waals surface area contributed by atoms with Gasteiger partial charge in [-0.15, -0.1) is 13.2 Å². The van der Waals surface area contributed by atoms with Gasteiger partial charge >= 0.3 is 12.3 Å². The maximum Gasteiger partial charge on any atom is 0.573 e. The van der Waals surface area contributed by atoms with Gasteiger partial charge in [-0.05, 0) is 41.5 Å². The lowest BCUT2D eigenvalue weighted by atomic mass is 10.1. The molecular formula is C17H13F3O5S.